The molecule has 0 saturated carbocycles. The van der Waals surface area contributed by atoms with Crippen molar-refractivity contribution in [2.24, 2.45) is 7.05 Å². The summed E-state index contributed by atoms with van der Waals surface area (Å²) in [5.41, 5.74) is 2.59. The Labute approximate surface area is 133 Å². The smallest absolute Gasteiger partial charge is 0.269 e. The van der Waals surface area contributed by atoms with Crippen molar-refractivity contribution in [2.75, 3.05) is 0 Å². The summed E-state index contributed by atoms with van der Waals surface area (Å²) >= 11 is 0. The Kier molecular flexibility index (Phi) is 3.89. The molecule has 0 saturated heterocycles. The molecule has 5 nitrogen and oxygen atoms in total. The van der Waals surface area contributed by atoms with Crippen molar-refractivity contribution in [1.29, 1.82) is 0 Å². The van der Waals surface area contributed by atoms with Crippen molar-refractivity contribution < 1.29 is 4.92 Å². The number of nitrogens with zero attached hydrogens (tertiary/aromatic N) is 3. The van der Waals surface area contributed by atoms with Crippen LogP contribution < -0.4 is 0 Å². The quantitative estimate of drug-likeness (QED) is 0.414. The molecule has 1 heterocycles. The second-order valence-corrected chi connectivity index (χ2v) is 4.95. The van der Waals surface area contributed by atoms with E-state index in [-0.39, 0.29) is 5.69 Å². The number of nitro benzene ring substituents is 1. The Morgan fingerprint density at radius 1 is 1.04 bits per heavy atom. The van der Waals surface area contributed by atoms with Crippen LogP contribution in [-0.4, -0.2) is 14.5 Å². The topological polar surface area (TPSA) is 61.0 Å². The molecule has 112 valence electrons. The fourth-order valence-corrected chi connectivity index (χ4v) is 2.18. The third-order valence-electron chi connectivity index (χ3n) is 3.43. The summed E-state index contributed by atoms with van der Waals surface area (Å²) in [5, 5.41) is 10.7. The van der Waals surface area contributed by atoms with Gasteiger partial charge in [0.15, 0.2) is 0 Å². The van der Waals surface area contributed by atoms with Crippen LogP contribution in [0.3, 0.4) is 0 Å². The largest absolute Gasteiger partial charge is 0.321 e. The zero-order valence-corrected chi connectivity index (χ0v) is 12.4. The van der Waals surface area contributed by atoms with Crippen molar-refractivity contribution in [3.8, 4) is 23.2 Å². The minimum Gasteiger partial charge on any atom is -0.321 e. The molecule has 2 aromatic carbocycles. The molecule has 0 radical (unpaired) electrons. The molecule has 0 atom stereocenters. The first-order chi connectivity index (χ1) is 11.1. The molecule has 3 aromatic rings. The maximum Gasteiger partial charge on any atom is 0.269 e. The summed E-state index contributed by atoms with van der Waals surface area (Å²) < 4.78 is 1.87. The van der Waals surface area contributed by atoms with Crippen molar-refractivity contribution >= 4 is 5.69 Å². The van der Waals surface area contributed by atoms with E-state index < -0.39 is 4.92 Å². The highest BCUT2D eigenvalue weighted by molar-refractivity contribution is 5.59. The number of aromatic nitrogens is 2. The van der Waals surface area contributed by atoms with E-state index in [2.05, 4.69) is 16.8 Å². The molecule has 0 bridgehead atoms. The first-order valence-electron chi connectivity index (χ1n) is 6.99. The lowest BCUT2D eigenvalue weighted by Gasteiger charge is -2.02. The van der Waals surface area contributed by atoms with Crippen LogP contribution in [0.15, 0.2) is 60.8 Å². The predicted octanol–water partition coefficient (Wildman–Crippen LogP) is 3.40. The third-order valence-corrected chi connectivity index (χ3v) is 3.43. The van der Waals surface area contributed by atoms with Gasteiger partial charge in [0.25, 0.3) is 5.69 Å². The van der Waals surface area contributed by atoms with Gasteiger partial charge in [0.1, 0.15) is 11.5 Å². The van der Waals surface area contributed by atoms with Gasteiger partial charge in [0.2, 0.25) is 0 Å². The first-order valence-corrected chi connectivity index (χ1v) is 6.99. The summed E-state index contributed by atoms with van der Waals surface area (Å²) in [6, 6.07) is 16.0. The lowest BCUT2D eigenvalue weighted by molar-refractivity contribution is -0.384. The van der Waals surface area contributed by atoms with Gasteiger partial charge in [0.05, 0.1) is 11.1 Å². The summed E-state index contributed by atoms with van der Waals surface area (Å²) in [4.78, 5) is 14.7. The molecule has 5 heteroatoms. The molecule has 0 fully saturated rings. The van der Waals surface area contributed by atoms with Crippen molar-refractivity contribution in [1.82, 2.24) is 9.55 Å². The van der Waals surface area contributed by atoms with Crippen LogP contribution in [0, 0.1) is 22.0 Å². The van der Waals surface area contributed by atoms with Gasteiger partial charge in [-0.1, -0.05) is 24.1 Å². The molecule has 1 aromatic heterocycles. The summed E-state index contributed by atoms with van der Waals surface area (Å²) in [6.45, 7) is 0. The van der Waals surface area contributed by atoms with Crippen molar-refractivity contribution in [2.45, 2.75) is 0 Å². The monoisotopic (exact) mass is 303 g/mol. The fraction of sp³-hybridized carbons (Fsp3) is 0.0556. The number of non-ortho nitro benzene ring substituents is 1. The highest BCUT2D eigenvalue weighted by atomic mass is 16.6. The summed E-state index contributed by atoms with van der Waals surface area (Å²) in [7, 11) is 1.87. The average molecular weight is 303 g/mol. The fourth-order valence-electron chi connectivity index (χ4n) is 2.18. The Morgan fingerprint density at radius 2 is 1.74 bits per heavy atom. The molecule has 23 heavy (non-hydrogen) atoms. The van der Waals surface area contributed by atoms with E-state index in [0.29, 0.717) is 0 Å². The van der Waals surface area contributed by atoms with E-state index in [0.717, 1.165) is 22.6 Å². The molecule has 3 rings (SSSR count). The van der Waals surface area contributed by atoms with E-state index >= 15 is 0 Å². The Hall–Kier alpha value is -3.39. The molecular weight excluding hydrogens is 290 g/mol. The average Bonchev–Trinajstić information content (AvgIpc) is 2.95. The maximum absolute atomic E-state index is 10.7. The van der Waals surface area contributed by atoms with E-state index in [9.17, 15) is 10.1 Å². The van der Waals surface area contributed by atoms with Gasteiger partial charge in [-0.3, -0.25) is 10.1 Å². The number of hydrogen-bond donors (Lipinski definition) is 0. The van der Waals surface area contributed by atoms with Gasteiger partial charge in [-0.2, -0.15) is 0 Å². The van der Waals surface area contributed by atoms with Gasteiger partial charge >= 0.3 is 0 Å². The van der Waals surface area contributed by atoms with Gasteiger partial charge < -0.3 is 4.57 Å². The standard InChI is InChI=1S/C18H13N3O2/c1-20-17(10-7-14-5-3-2-4-6-14)13-19-18(20)15-8-11-16(12-9-15)21(22)23/h2-6,8-9,11-13H,1H3. The second kappa shape index (κ2) is 6.16. The van der Waals surface area contributed by atoms with Crippen LogP contribution in [0.5, 0.6) is 0 Å². The Balaban J connectivity index is 1.90. The van der Waals surface area contributed by atoms with Crippen LogP contribution in [0.2, 0.25) is 0 Å². The van der Waals surface area contributed by atoms with Crippen LogP contribution in [0.4, 0.5) is 5.69 Å². The summed E-state index contributed by atoms with van der Waals surface area (Å²) in [6.07, 6.45) is 1.70. The Bertz CT molecular complexity index is 901. The molecule has 0 aliphatic rings. The number of imidazole rings is 1. The third kappa shape index (κ3) is 3.11. The second-order valence-electron chi connectivity index (χ2n) is 4.95. The molecular formula is C18H13N3O2. The lowest BCUT2D eigenvalue weighted by atomic mass is 10.2. The van der Waals surface area contributed by atoms with Gasteiger partial charge in [0, 0.05) is 30.3 Å². The zero-order chi connectivity index (χ0) is 16.2. The SMILES string of the molecule is Cn1c(C#Cc2ccccc2)cnc1-c1ccc([N+](=O)[O-])cc1. The highest BCUT2D eigenvalue weighted by Gasteiger charge is 2.10. The normalized spacial score (nSPS) is 9.96. The van der Waals surface area contributed by atoms with E-state index in [1.54, 1.807) is 18.3 Å². The molecule has 0 aliphatic carbocycles. The molecule has 0 unspecified atom stereocenters. The van der Waals surface area contributed by atoms with Crippen LogP contribution >= 0.6 is 0 Å². The first kappa shape index (κ1) is 14.5. The number of rotatable bonds is 2. The Morgan fingerprint density at radius 3 is 2.39 bits per heavy atom. The molecule has 0 spiro atoms. The van der Waals surface area contributed by atoms with E-state index in [4.69, 9.17) is 0 Å². The minimum atomic E-state index is -0.418. The minimum absolute atomic E-state index is 0.0621. The van der Waals surface area contributed by atoms with E-state index in [1.165, 1.54) is 12.1 Å². The van der Waals surface area contributed by atoms with Crippen LogP contribution in [0.1, 0.15) is 11.3 Å². The molecule has 0 N–H and O–H groups in total. The van der Waals surface area contributed by atoms with Crippen LogP contribution in [-0.2, 0) is 7.05 Å². The van der Waals surface area contributed by atoms with Gasteiger partial charge in [-0.25, -0.2) is 4.98 Å². The lowest BCUT2D eigenvalue weighted by Crippen LogP contribution is -1.96. The highest BCUT2D eigenvalue weighted by Crippen LogP contribution is 2.21. The zero-order valence-electron chi connectivity index (χ0n) is 12.4. The number of hydrogen-bond acceptors (Lipinski definition) is 3. The van der Waals surface area contributed by atoms with Gasteiger partial charge in [-0.15, -0.1) is 0 Å². The van der Waals surface area contributed by atoms with Crippen LogP contribution in [0.25, 0.3) is 11.4 Å². The van der Waals surface area contributed by atoms with Crippen molar-refractivity contribution in [3.63, 3.8) is 0 Å². The van der Waals surface area contributed by atoms with Gasteiger partial charge in [-0.05, 0) is 30.2 Å². The number of benzene rings is 2. The van der Waals surface area contributed by atoms with E-state index in [1.807, 2.05) is 41.9 Å². The molecule has 0 aliphatic heterocycles. The predicted molar refractivity (Wildman–Crippen MR) is 87.7 cm³/mol. The maximum atomic E-state index is 10.7. The summed E-state index contributed by atoms with van der Waals surface area (Å²) in [5.74, 6) is 6.90. The number of nitro groups is 1. The molecule has 0 amide bonds. The van der Waals surface area contributed by atoms with Crippen molar-refractivity contribution in [3.05, 3.63) is 82.2 Å².